The van der Waals surface area contributed by atoms with E-state index in [2.05, 4.69) is 40.3 Å². The second-order valence-electron chi connectivity index (χ2n) is 6.97. The highest BCUT2D eigenvalue weighted by molar-refractivity contribution is 6.03. The van der Waals surface area contributed by atoms with Crippen LogP contribution >= 0.6 is 0 Å². The van der Waals surface area contributed by atoms with Gasteiger partial charge in [0.15, 0.2) is 11.5 Å². The molecular formula is C22H19N3O3. The first-order valence-corrected chi connectivity index (χ1v) is 9.23. The molecule has 2 aliphatic heterocycles. The van der Waals surface area contributed by atoms with Crippen molar-refractivity contribution in [1.82, 2.24) is 4.98 Å². The number of amides is 1. The van der Waals surface area contributed by atoms with Gasteiger partial charge < -0.3 is 19.7 Å². The highest BCUT2D eigenvalue weighted by atomic mass is 16.7. The van der Waals surface area contributed by atoms with Crippen molar-refractivity contribution in [3.63, 3.8) is 0 Å². The van der Waals surface area contributed by atoms with E-state index in [-0.39, 0.29) is 12.7 Å². The zero-order chi connectivity index (χ0) is 19.1. The number of anilines is 3. The maximum Gasteiger partial charge on any atom is 0.274 e. The molecule has 0 aliphatic carbocycles. The van der Waals surface area contributed by atoms with E-state index in [9.17, 15) is 4.79 Å². The van der Waals surface area contributed by atoms with E-state index >= 15 is 0 Å². The third kappa shape index (κ3) is 2.83. The van der Waals surface area contributed by atoms with Crippen LogP contribution in [-0.2, 0) is 6.42 Å². The van der Waals surface area contributed by atoms with Crippen LogP contribution in [0.3, 0.4) is 0 Å². The van der Waals surface area contributed by atoms with Crippen LogP contribution in [0.15, 0.2) is 60.8 Å². The number of rotatable bonds is 3. The summed E-state index contributed by atoms with van der Waals surface area (Å²) in [7, 11) is 0. The van der Waals surface area contributed by atoms with Gasteiger partial charge in [0.05, 0.1) is 0 Å². The summed E-state index contributed by atoms with van der Waals surface area (Å²) in [6.45, 7) is 2.39. The largest absolute Gasteiger partial charge is 0.454 e. The highest BCUT2D eigenvalue weighted by Crippen LogP contribution is 2.38. The number of pyridine rings is 1. The Balaban J connectivity index is 1.41. The molecule has 0 fully saturated rings. The van der Waals surface area contributed by atoms with Gasteiger partial charge in [0, 0.05) is 35.4 Å². The molecule has 1 unspecified atom stereocenters. The first-order valence-electron chi connectivity index (χ1n) is 9.23. The summed E-state index contributed by atoms with van der Waals surface area (Å²) < 4.78 is 10.7. The Morgan fingerprint density at radius 3 is 2.89 bits per heavy atom. The van der Waals surface area contributed by atoms with Crippen molar-refractivity contribution < 1.29 is 14.3 Å². The predicted molar refractivity (Wildman–Crippen MR) is 107 cm³/mol. The van der Waals surface area contributed by atoms with Gasteiger partial charge in [0.1, 0.15) is 5.69 Å². The molecule has 3 heterocycles. The van der Waals surface area contributed by atoms with Gasteiger partial charge in [-0.25, -0.2) is 0 Å². The van der Waals surface area contributed by atoms with E-state index in [1.54, 1.807) is 24.4 Å². The molecule has 0 spiro atoms. The summed E-state index contributed by atoms with van der Waals surface area (Å²) in [5.74, 6) is 1.04. The Hall–Kier alpha value is -3.54. The summed E-state index contributed by atoms with van der Waals surface area (Å²) in [6, 6.07) is 17.8. The summed E-state index contributed by atoms with van der Waals surface area (Å²) >= 11 is 0. The molecule has 1 N–H and O–H groups in total. The molecule has 6 heteroatoms. The SMILES string of the molecule is CC1Cc2ccccc2N1c1ccnc(C(=O)Nc2ccc3c(c2)OCO3)c1. The second kappa shape index (κ2) is 6.56. The number of nitrogens with one attached hydrogen (secondary N) is 1. The first-order chi connectivity index (χ1) is 13.7. The average Bonchev–Trinajstić information content (AvgIpc) is 3.30. The van der Waals surface area contributed by atoms with Gasteiger partial charge in [-0.05, 0) is 49.2 Å². The number of ether oxygens (including phenoxy) is 2. The zero-order valence-corrected chi connectivity index (χ0v) is 15.4. The summed E-state index contributed by atoms with van der Waals surface area (Å²) in [4.78, 5) is 19.3. The lowest BCUT2D eigenvalue weighted by atomic mass is 10.1. The van der Waals surface area contributed by atoms with Crippen LogP contribution in [0.1, 0.15) is 23.0 Å². The fourth-order valence-corrected chi connectivity index (χ4v) is 3.82. The third-order valence-electron chi connectivity index (χ3n) is 5.09. The Bertz CT molecular complexity index is 1070. The minimum Gasteiger partial charge on any atom is -0.454 e. The predicted octanol–water partition coefficient (Wildman–Crippen LogP) is 4.15. The zero-order valence-electron chi connectivity index (χ0n) is 15.4. The number of benzene rings is 2. The summed E-state index contributed by atoms with van der Waals surface area (Å²) in [5.41, 5.74) is 4.47. The number of hydrogen-bond donors (Lipinski definition) is 1. The van der Waals surface area contributed by atoms with E-state index in [0.29, 0.717) is 28.9 Å². The molecule has 5 rings (SSSR count). The lowest BCUT2D eigenvalue weighted by molar-refractivity contribution is 0.102. The lowest BCUT2D eigenvalue weighted by Crippen LogP contribution is -2.24. The van der Waals surface area contributed by atoms with E-state index in [4.69, 9.17) is 9.47 Å². The van der Waals surface area contributed by atoms with E-state index < -0.39 is 0 Å². The highest BCUT2D eigenvalue weighted by Gasteiger charge is 2.27. The molecular weight excluding hydrogens is 354 g/mol. The van der Waals surface area contributed by atoms with Crippen LogP contribution < -0.4 is 19.7 Å². The fourth-order valence-electron chi connectivity index (χ4n) is 3.82. The van der Waals surface area contributed by atoms with Gasteiger partial charge >= 0.3 is 0 Å². The van der Waals surface area contributed by atoms with Crippen molar-refractivity contribution in [2.24, 2.45) is 0 Å². The molecule has 0 saturated carbocycles. The van der Waals surface area contributed by atoms with Crippen LogP contribution in [0.4, 0.5) is 17.1 Å². The van der Waals surface area contributed by atoms with Crippen molar-refractivity contribution in [2.75, 3.05) is 17.0 Å². The van der Waals surface area contributed by atoms with E-state index in [1.807, 2.05) is 18.2 Å². The number of aromatic nitrogens is 1. The van der Waals surface area contributed by atoms with Crippen LogP contribution in [0.5, 0.6) is 11.5 Å². The van der Waals surface area contributed by atoms with Crippen molar-refractivity contribution >= 4 is 23.0 Å². The number of para-hydroxylation sites is 1. The van der Waals surface area contributed by atoms with E-state index in [0.717, 1.165) is 12.1 Å². The molecule has 6 nitrogen and oxygen atoms in total. The number of carbonyl (C=O) groups is 1. The Morgan fingerprint density at radius 2 is 1.96 bits per heavy atom. The fraction of sp³-hybridized carbons (Fsp3) is 0.182. The number of nitrogens with zero attached hydrogens (tertiary/aromatic N) is 2. The monoisotopic (exact) mass is 373 g/mol. The van der Waals surface area contributed by atoms with Crippen molar-refractivity contribution in [1.29, 1.82) is 0 Å². The van der Waals surface area contributed by atoms with E-state index in [1.165, 1.54) is 11.3 Å². The molecule has 2 aliphatic rings. The molecule has 1 atom stereocenters. The molecule has 0 radical (unpaired) electrons. The van der Waals surface area contributed by atoms with Gasteiger partial charge in [-0.3, -0.25) is 9.78 Å². The normalized spacial score (nSPS) is 16.8. The number of hydrogen-bond acceptors (Lipinski definition) is 5. The van der Waals surface area contributed by atoms with Crippen LogP contribution in [0.25, 0.3) is 0 Å². The molecule has 1 amide bonds. The molecule has 1 aromatic heterocycles. The third-order valence-corrected chi connectivity index (χ3v) is 5.09. The van der Waals surface area contributed by atoms with Crippen molar-refractivity contribution in [3.05, 3.63) is 72.1 Å². The maximum absolute atomic E-state index is 12.7. The van der Waals surface area contributed by atoms with Crippen LogP contribution in [-0.4, -0.2) is 23.7 Å². The minimum absolute atomic E-state index is 0.200. The van der Waals surface area contributed by atoms with Crippen LogP contribution in [0.2, 0.25) is 0 Å². The molecule has 0 saturated heterocycles. The van der Waals surface area contributed by atoms with Crippen molar-refractivity contribution in [2.45, 2.75) is 19.4 Å². The molecule has 2 aromatic carbocycles. The van der Waals surface area contributed by atoms with Gasteiger partial charge in [0.25, 0.3) is 5.91 Å². The topological polar surface area (TPSA) is 63.7 Å². The van der Waals surface area contributed by atoms with Crippen molar-refractivity contribution in [3.8, 4) is 11.5 Å². The summed E-state index contributed by atoms with van der Waals surface area (Å²) in [5, 5.41) is 2.88. The molecule has 140 valence electrons. The second-order valence-corrected chi connectivity index (χ2v) is 6.97. The molecule has 0 bridgehead atoms. The molecule has 28 heavy (non-hydrogen) atoms. The Labute approximate surface area is 162 Å². The summed E-state index contributed by atoms with van der Waals surface area (Å²) in [6.07, 6.45) is 2.66. The van der Waals surface area contributed by atoms with Gasteiger partial charge in [-0.15, -0.1) is 0 Å². The first kappa shape index (κ1) is 16.6. The number of carbonyl (C=O) groups excluding carboxylic acids is 1. The number of fused-ring (bicyclic) bond motifs is 2. The maximum atomic E-state index is 12.7. The molecule has 3 aromatic rings. The van der Waals surface area contributed by atoms with Gasteiger partial charge in [-0.2, -0.15) is 0 Å². The Kier molecular flexibility index (Phi) is 3.90. The van der Waals surface area contributed by atoms with Crippen LogP contribution in [0, 0.1) is 0 Å². The quantitative estimate of drug-likeness (QED) is 0.747. The van der Waals surface area contributed by atoms with Gasteiger partial charge in [-0.1, -0.05) is 18.2 Å². The average molecular weight is 373 g/mol. The Morgan fingerprint density at radius 1 is 1.11 bits per heavy atom. The lowest BCUT2D eigenvalue weighted by Gasteiger charge is -2.25. The standard InChI is InChI=1S/C22H19N3O3/c1-14-10-15-4-2-3-5-19(15)25(14)17-8-9-23-18(12-17)22(26)24-16-6-7-20-21(11-16)28-13-27-20/h2-9,11-12,14H,10,13H2,1H3,(H,24,26). The van der Waals surface area contributed by atoms with Gasteiger partial charge in [0.2, 0.25) is 6.79 Å². The minimum atomic E-state index is -0.263. The smallest absolute Gasteiger partial charge is 0.274 e.